The fraction of sp³-hybridized carbons (Fsp3) is 0.125. The number of carbonyl (C=O) groups excluding carboxylic acids is 1. The topological polar surface area (TPSA) is 66.4 Å². The molecule has 23 heavy (non-hydrogen) atoms. The predicted molar refractivity (Wildman–Crippen MR) is 88.1 cm³/mol. The van der Waals surface area contributed by atoms with Crippen LogP contribution < -0.4 is 5.32 Å². The third-order valence-corrected chi connectivity index (χ3v) is 3.78. The Labute approximate surface area is 144 Å². The number of halogens is 3. The molecule has 2 aromatic rings. The Morgan fingerprint density at radius 1 is 1.17 bits per heavy atom. The van der Waals surface area contributed by atoms with Gasteiger partial charge in [0.15, 0.2) is 0 Å². The average Bonchev–Trinajstić information content (AvgIpc) is 2.46. The number of rotatable bonds is 5. The quantitative estimate of drug-likeness (QED) is 0.716. The van der Waals surface area contributed by atoms with Gasteiger partial charge in [0.25, 0.3) is 5.91 Å². The summed E-state index contributed by atoms with van der Waals surface area (Å²) < 4.78 is 27.4. The van der Waals surface area contributed by atoms with E-state index < -0.39 is 35.1 Å². The van der Waals surface area contributed by atoms with Crippen LogP contribution in [-0.2, 0) is 11.2 Å². The van der Waals surface area contributed by atoms with Crippen molar-refractivity contribution in [3.63, 3.8) is 0 Å². The fourth-order valence-electron chi connectivity index (χ4n) is 2.01. The van der Waals surface area contributed by atoms with Gasteiger partial charge in [-0.1, -0.05) is 12.1 Å². The van der Waals surface area contributed by atoms with Crippen LogP contribution in [0.4, 0.5) is 8.78 Å². The Balaban J connectivity index is 2.16. The zero-order valence-corrected chi connectivity index (χ0v) is 13.9. The van der Waals surface area contributed by atoms with Gasteiger partial charge in [0.2, 0.25) is 0 Å². The first-order chi connectivity index (χ1) is 10.9. The SMILES string of the molecule is O=C(N[C@@H](Cc1cccc(I)c1)C(=O)O)c1ccc(F)cc1F. The van der Waals surface area contributed by atoms with E-state index in [2.05, 4.69) is 27.9 Å². The summed E-state index contributed by atoms with van der Waals surface area (Å²) in [5.41, 5.74) is 0.324. The first-order valence-corrected chi connectivity index (χ1v) is 7.68. The smallest absolute Gasteiger partial charge is 0.326 e. The maximum Gasteiger partial charge on any atom is 0.326 e. The molecule has 1 atom stereocenters. The van der Waals surface area contributed by atoms with Gasteiger partial charge >= 0.3 is 5.97 Å². The predicted octanol–water partition coefficient (Wildman–Crippen LogP) is 3.00. The maximum atomic E-state index is 13.6. The normalized spacial score (nSPS) is 11.8. The van der Waals surface area contributed by atoms with Crippen molar-refractivity contribution in [3.8, 4) is 0 Å². The molecule has 0 saturated carbocycles. The van der Waals surface area contributed by atoms with Gasteiger partial charge in [-0.3, -0.25) is 4.79 Å². The average molecular weight is 431 g/mol. The molecule has 0 unspecified atom stereocenters. The van der Waals surface area contributed by atoms with E-state index in [0.29, 0.717) is 6.07 Å². The highest BCUT2D eigenvalue weighted by atomic mass is 127. The van der Waals surface area contributed by atoms with Crippen LogP contribution >= 0.6 is 22.6 Å². The minimum atomic E-state index is -1.24. The second-order valence-electron chi connectivity index (χ2n) is 4.82. The first kappa shape index (κ1) is 17.3. The van der Waals surface area contributed by atoms with Crippen LogP contribution in [0.1, 0.15) is 15.9 Å². The van der Waals surface area contributed by atoms with Crippen LogP contribution in [0.3, 0.4) is 0 Å². The van der Waals surface area contributed by atoms with Gasteiger partial charge in [0.1, 0.15) is 17.7 Å². The minimum Gasteiger partial charge on any atom is -0.480 e. The van der Waals surface area contributed by atoms with E-state index in [-0.39, 0.29) is 6.42 Å². The van der Waals surface area contributed by atoms with Crippen LogP contribution in [0, 0.1) is 15.2 Å². The van der Waals surface area contributed by atoms with E-state index >= 15 is 0 Å². The molecule has 0 radical (unpaired) electrons. The lowest BCUT2D eigenvalue weighted by molar-refractivity contribution is -0.139. The van der Waals surface area contributed by atoms with E-state index in [1.807, 2.05) is 6.07 Å². The summed E-state index contributed by atoms with van der Waals surface area (Å²) >= 11 is 2.09. The number of benzene rings is 2. The molecular weight excluding hydrogens is 419 g/mol. The minimum absolute atomic E-state index is 0.0563. The molecule has 120 valence electrons. The van der Waals surface area contributed by atoms with Crippen LogP contribution in [0.2, 0.25) is 0 Å². The lowest BCUT2D eigenvalue weighted by atomic mass is 10.1. The number of carboxylic acids is 1. The molecule has 0 heterocycles. The van der Waals surface area contributed by atoms with Gasteiger partial charge in [-0.05, 0) is 52.4 Å². The molecule has 0 bridgehead atoms. The second-order valence-corrected chi connectivity index (χ2v) is 6.07. The number of carboxylic acid groups (broad SMARTS) is 1. The number of carbonyl (C=O) groups is 2. The van der Waals surface area contributed by atoms with E-state index in [9.17, 15) is 23.5 Å². The molecule has 0 aliphatic carbocycles. The van der Waals surface area contributed by atoms with Crippen molar-refractivity contribution in [3.05, 3.63) is 68.8 Å². The lowest BCUT2D eigenvalue weighted by Crippen LogP contribution is -2.42. The molecule has 0 aromatic heterocycles. The third kappa shape index (κ3) is 4.72. The van der Waals surface area contributed by atoms with Crippen molar-refractivity contribution in [2.24, 2.45) is 0 Å². The van der Waals surface area contributed by atoms with E-state index in [0.717, 1.165) is 21.3 Å². The molecule has 0 saturated heterocycles. The summed E-state index contributed by atoms with van der Waals surface area (Å²) in [6.07, 6.45) is 0.0563. The van der Waals surface area contributed by atoms with Gasteiger partial charge in [-0.15, -0.1) is 0 Å². The Hall–Kier alpha value is -2.03. The third-order valence-electron chi connectivity index (χ3n) is 3.11. The summed E-state index contributed by atoms with van der Waals surface area (Å²) in [5, 5.41) is 11.5. The molecule has 0 aliphatic heterocycles. The van der Waals surface area contributed by atoms with E-state index in [1.165, 1.54) is 0 Å². The molecule has 2 rings (SSSR count). The Morgan fingerprint density at radius 3 is 2.52 bits per heavy atom. The Kier molecular flexibility index (Phi) is 5.64. The molecule has 0 aliphatic rings. The van der Waals surface area contributed by atoms with E-state index in [4.69, 9.17) is 0 Å². The molecule has 0 fully saturated rings. The lowest BCUT2D eigenvalue weighted by Gasteiger charge is -2.15. The molecule has 7 heteroatoms. The maximum absolute atomic E-state index is 13.6. The number of hydrogen-bond acceptors (Lipinski definition) is 2. The van der Waals surface area contributed by atoms with Crippen molar-refractivity contribution in [2.45, 2.75) is 12.5 Å². The molecule has 2 aromatic carbocycles. The number of aliphatic carboxylic acids is 1. The van der Waals surface area contributed by atoms with Crippen molar-refractivity contribution in [2.75, 3.05) is 0 Å². The number of hydrogen-bond donors (Lipinski definition) is 2. The summed E-state index contributed by atoms with van der Waals surface area (Å²) in [6.45, 7) is 0. The summed E-state index contributed by atoms with van der Waals surface area (Å²) in [6, 6.07) is 8.43. The summed E-state index contributed by atoms with van der Waals surface area (Å²) in [4.78, 5) is 23.3. The fourth-order valence-corrected chi connectivity index (χ4v) is 2.62. The highest BCUT2D eigenvalue weighted by Gasteiger charge is 2.23. The van der Waals surface area contributed by atoms with Crippen molar-refractivity contribution < 1.29 is 23.5 Å². The van der Waals surface area contributed by atoms with Gasteiger partial charge in [-0.25, -0.2) is 13.6 Å². The zero-order chi connectivity index (χ0) is 17.0. The molecule has 1 amide bonds. The molecule has 0 spiro atoms. The summed E-state index contributed by atoms with van der Waals surface area (Å²) in [5.74, 6) is -3.99. The highest BCUT2D eigenvalue weighted by Crippen LogP contribution is 2.12. The zero-order valence-electron chi connectivity index (χ0n) is 11.7. The van der Waals surface area contributed by atoms with E-state index in [1.54, 1.807) is 18.2 Å². The number of nitrogens with one attached hydrogen (secondary N) is 1. The highest BCUT2D eigenvalue weighted by molar-refractivity contribution is 14.1. The standard InChI is InChI=1S/C16H12F2INO3/c17-10-4-5-12(13(18)8-10)15(21)20-14(16(22)23)7-9-2-1-3-11(19)6-9/h1-6,8,14H,7H2,(H,20,21)(H,22,23)/t14-/m0/s1. The molecule has 2 N–H and O–H groups in total. The largest absolute Gasteiger partial charge is 0.480 e. The van der Waals surface area contributed by atoms with Gasteiger partial charge in [0, 0.05) is 16.1 Å². The Bertz CT molecular complexity index is 752. The van der Waals surface area contributed by atoms with Gasteiger partial charge in [0.05, 0.1) is 5.56 Å². The first-order valence-electron chi connectivity index (χ1n) is 6.60. The van der Waals surface area contributed by atoms with Crippen LogP contribution in [0.15, 0.2) is 42.5 Å². The van der Waals surface area contributed by atoms with Gasteiger partial charge in [-0.2, -0.15) is 0 Å². The molecular formula is C16H12F2INO3. The number of amides is 1. The second kappa shape index (κ2) is 7.49. The monoisotopic (exact) mass is 431 g/mol. The van der Waals surface area contributed by atoms with Crippen LogP contribution in [0.25, 0.3) is 0 Å². The van der Waals surface area contributed by atoms with Crippen LogP contribution in [0.5, 0.6) is 0 Å². The summed E-state index contributed by atoms with van der Waals surface area (Å²) in [7, 11) is 0. The van der Waals surface area contributed by atoms with Crippen molar-refractivity contribution >= 4 is 34.5 Å². The van der Waals surface area contributed by atoms with Crippen LogP contribution in [-0.4, -0.2) is 23.0 Å². The van der Waals surface area contributed by atoms with Crippen molar-refractivity contribution in [1.82, 2.24) is 5.32 Å². The van der Waals surface area contributed by atoms with Gasteiger partial charge < -0.3 is 10.4 Å². The van der Waals surface area contributed by atoms with Crippen molar-refractivity contribution in [1.29, 1.82) is 0 Å². The Morgan fingerprint density at radius 2 is 1.91 bits per heavy atom. The molecule has 4 nitrogen and oxygen atoms in total.